The van der Waals surface area contributed by atoms with Crippen LogP contribution in [0.3, 0.4) is 0 Å². The van der Waals surface area contributed by atoms with Crippen molar-refractivity contribution in [2.75, 3.05) is 11.1 Å². The Hall–Kier alpha value is -4.78. The average molecular weight is 495 g/mol. The molecule has 1 aromatic carbocycles. The van der Waals surface area contributed by atoms with Crippen LogP contribution in [0.25, 0.3) is 22.3 Å². The molecule has 3 aromatic heterocycles. The van der Waals surface area contributed by atoms with Crippen molar-refractivity contribution in [3.8, 4) is 23.1 Å². The second-order valence-corrected chi connectivity index (χ2v) is 8.85. The number of hydrogen-bond donors (Lipinski definition) is 3. The molecule has 2 amide bonds. The lowest BCUT2D eigenvalue weighted by Crippen LogP contribution is -2.37. The van der Waals surface area contributed by atoms with Crippen molar-refractivity contribution in [3.05, 3.63) is 60.6 Å². The predicted octanol–water partition coefficient (Wildman–Crippen LogP) is 3.35. The van der Waals surface area contributed by atoms with Gasteiger partial charge in [0.2, 0.25) is 0 Å². The standard InChI is InChI=1S/C27H26N8O2/c1-2-5-22(36)32-19-11-13-20(14-12-19)35-26-23(25(28)30-16-31-26)24(34-35)17-7-9-18(10-8-17)27(37)33-21-6-3-4-15-29-21/h3-4,6-10,15-16,19-20H,11-14H2,1H3,(H,32,36)(H2,28,30,31)(H,29,33,37)/t19-,20-. The largest absolute Gasteiger partial charge is 0.383 e. The summed E-state index contributed by atoms with van der Waals surface area (Å²) in [5, 5.41) is 11.4. The fraction of sp³-hybridized carbons (Fsp3) is 0.259. The maximum absolute atomic E-state index is 12.6. The normalized spacial score (nSPS) is 17.0. The Balaban J connectivity index is 1.38. The molecular weight excluding hydrogens is 468 g/mol. The monoisotopic (exact) mass is 494 g/mol. The quantitative estimate of drug-likeness (QED) is 0.361. The van der Waals surface area contributed by atoms with Gasteiger partial charge in [-0.2, -0.15) is 5.10 Å². The van der Waals surface area contributed by atoms with Crippen molar-refractivity contribution in [3.63, 3.8) is 0 Å². The van der Waals surface area contributed by atoms with Crippen LogP contribution in [0, 0.1) is 11.8 Å². The number of benzene rings is 1. The number of nitrogens with two attached hydrogens (primary N) is 1. The molecule has 1 fully saturated rings. The van der Waals surface area contributed by atoms with E-state index in [9.17, 15) is 9.59 Å². The van der Waals surface area contributed by atoms with E-state index in [1.54, 1.807) is 37.4 Å². The summed E-state index contributed by atoms with van der Waals surface area (Å²) in [4.78, 5) is 37.3. The Bertz CT molecular complexity index is 1490. The molecule has 3 heterocycles. The number of nitrogens with zero attached hydrogens (tertiary/aromatic N) is 5. The lowest BCUT2D eigenvalue weighted by Gasteiger charge is -2.28. The third-order valence-electron chi connectivity index (χ3n) is 6.46. The third-order valence-corrected chi connectivity index (χ3v) is 6.46. The summed E-state index contributed by atoms with van der Waals surface area (Å²) in [5.41, 5.74) is 8.91. The van der Waals surface area contributed by atoms with E-state index in [0.29, 0.717) is 33.9 Å². The van der Waals surface area contributed by atoms with Crippen molar-refractivity contribution < 1.29 is 9.59 Å². The van der Waals surface area contributed by atoms with E-state index >= 15 is 0 Å². The third kappa shape index (κ3) is 5.11. The minimum Gasteiger partial charge on any atom is -0.383 e. The highest BCUT2D eigenvalue weighted by atomic mass is 16.2. The summed E-state index contributed by atoms with van der Waals surface area (Å²) in [6.07, 6.45) is 6.36. The van der Waals surface area contributed by atoms with Gasteiger partial charge in [0.05, 0.1) is 11.4 Å². The molecule has 0 unspecified atom stereocenters. The van der Waals surface area contributed by atoms with Crippen LogP contribution in [0.1, 0.15) is 49.0 Å². The average Bonchev–Trinajstić information content (AvgIpc) is 3.31. The van der Waals surface area contributed by atoms with Crippen LogP contribution < -0.4 is 16.4 Å². The van der Waals surface area contributed by atoms with Crippen LogP contribution in [0.2, 0.25) is 0 Å². The Morgan fingerprint density at radius 1 is 1.03 bits per heavy atom. The molecule has 5 rings (SSSR count). The molecule has 0 saturated heterocycles. The number of pyridine rings is 1. The molecule has 0 aliphatic heterocycles. The molecule has 0 radical (unpaired) electrons. The first-order chi connectivity index (χ1) is 18.0. The number of nitrogen functional groups attached to an aromatic ring is 1. The van der Waals surface area contributed by atoms with Crippen LogP contribution in [-0.2, 0) is 4.79 Å². The molecule has 4 aromatic rings. The maximum Gasteiger partial charge on any atom is 0.296 e. The van der Waals surface area contributed by atoms with Gasteiger partial charge in [-0.15, -0.1) is 0 Å². The summed E-state index contributed by atoms with van der Waals surface area (Å²) in [5.74, 6) is 5.50. The lowest BCUT2D eigenvalue weighted by atomic mass is 9.91. The van der Waals surface area contributed by atoms with Gasteiger partial charge in [0.25, 0.3) is 11.8 Å². The molecule has 10 nitrogen and oxygen atoms in total. The van der Waals surface area contributed by atoms with Gasteiger partial charge in [-0.3, -0.25) is 9.59 Å². The molecule has 4 N–H and O–H groups in total. The number of amides is 2. The minimum absolute atomic E-state index is 0.0929. The van der Waals surface area contributed by atoms with Crippen LogP contribution in [0.4, 0.5) is 11.6 Å². The number of fused-ring (bicyclic) bond motifs is 1. The van der Waals surface area contributed by atoms with Gasteiger partial charge in [-0.25, -0.2) is 19.6 Å². The first-order valence-corrected chi connectivity index (χ1v) is 12.1. The van der Waals surface area contributed by atoms with Crippen molar-refractivity contribution in [1.29, 1.82) is 0 Å². The molecule has 10 heteroatoms. The Kier molecular flexibility index (Phi) is 6.76. The van der Waals surface area contributed by atoms with E-state index in [-0.39, 0.29) is 23.9 Å². The number of anilines is 2. The number of carbonyl (C=O) groups excluding carboxylic acids is 2. The summed E-state index contributed by atoms with van der Waals surface area (Å²) < 4.78 is 1.92. The van der Waals surface area contributed by atoms with E-state index in [0.717, 1.165) is 31.2 Å². The number of rotatable bonds is 5. The molecular formula is C27H26N8O2. The molecule has 37 heavy (non-hydrogen) atoms. The van der Waals surface area contributed by atoms with E-state index in [4.69, 9.17) is 10.8 Å². The first-order valence-electron chi connectivity index (χ1n) is 12.1. The van der Waals surface area contributed by atoms with E-state index in [1.165, 1.54) is 6.33 Å². The summed E-state index contributed by atoms with van der Waals surface area (Å²) in [7, 11) is 0. The Morgan fingerprint density at radius 3 is 2.51 bits per heavy atom. The van der Waals surface area contributed by atoms with Gasteiger partial charge in [-0.1, -0.05) is 24.1 Å². The Morgan fingerprint density at radius 2 is 1.81 bits per heavy atom. The highest BCUT2D eigenvalue weighted by Gasteiger charge is 2.27. The summed E-state index contributed by atoms with van der Waals surface area (Å²) in [6, 6.07) is 12.7. The zero-order chi connectivity index (χ0) is 25.8. The molecule has 0 bridgehead atoms. The Labute approximate surface area is 213 Å². The van der Waals surface area contributed by atoms with Gasteiger partial charge >= 0.3 is 0 Å². The van der Waals surface area contributed by atoms with Gasteiger partial charge in [0, 0.05) is 23.4 Å². The van der Waals surface area contributed by atoms with Crippen LogP contribution in [0.15, 0.2) is 55.0 Å². The van der Waals surface area contributed by atoms with Gasteiger partial charge in [-0.05, 0) is 62.8 Å². The van der Waals surface area contributed by atoms with E-state index in [2.05, 4.69) is 37.4 Å². The number of nitrogens with one attached hydrogen (secondary N) is 2. The first kappa shape index (κ1) is 23.9. The van der Waals surface area contributed by atoms with E-state index in [1.807, 2.05) is 22.9 Å². The van der Waals surface area contributed by atoms with Crippen molar-refractivity contribution >= 4 is 34.5 Å². The van der Waals surface area contributed by atoms with Gasteiger partial charge in [0.1, 0.15) is 23.7 Å². The number of hydrogen-bond acceptors (Lipinski definition) is 7. The predicted molar refractivity (Wildman–Crippen MR) is 140 cm³/mol. The van der Waals surface area contributed by atoms with Gasteiger partial charge in [0.15, 0.2) is 5.65 Å². The highest BCUT2D eigenvalue weighted by Crippen LogP contribution is 2.36. The second kappa shape index (κ2) is 10.5. The van der Waals surface area contributed by atoms with Crippen LogP contribution in [0.5, 0.6) is 0 Å². The van der Waals surface area contributed by atoms with E-state index < -0.39 is 0 Å². The molecule has 0 spiro atoms. The summed E-state index contributed by atoms with van der Waals surface area (Å²) >= 11 is 0. The van der Waals surface area contributed by atoms with Crippen LogP contribution in [-0.4, -0.2) is 42.6 Å². The smallest absolute Gasteiger partial charge is 0.296 e. The fourth-order valence-electron chi connectivity index (χ4n) is 4.66. The number of carbonyl (C=O) groups is 2. The summed E-state index contributed by atoms with van der Waals surface area (Å²) in [6.45, 7) is 1.65. The molecule has 1 aliphatic carbocycles. The zero-order valence-electron chi connectivity index (χ0n) is 20.3. The topological polar surface area (TPSA) is 141 Å². The fourth-order valence-corrected chi connectivity index (χ4v) is 4.66. The van der Waals surface area contributed by atoms with Crippen molar-refractivity contribution in [2.24, 2.45) is 0 Å². The molecule has 186 valence electrons. The number of aromatic nitrogens is 5. The second-order valence-electron chi connectivity index (χ2n) is 8.85. The molecule has 0 atom stereocenters. The van der Waals surface area contributed by atoms with Crippen LogP contribution >= 0.6 is 0 Å². The maximum atomic E-state index is 12.6. The van der Waals surface area contributed by atoms with Gasteiger partial charge < -0.3 is 16.4 Å². The lowest BCUT2D eigenvalue weighted by molar-refractivity contribution is -0.116. The molecule has 1 saturated carbocycles. The SMILES string of the molecule is CC#CC(=O)N[C@H]1CC[C@H](n2nc(-c3ccc(C(=O)Nc4ccccn4)cc3)c3c(N)ncnc32)CC1. The minimum atomic E-state index is -0.253. The van der Waals surface area contributed by atoms with Crippen molar-refractivity contribution in [1.82, 2.24) is 30.0 Å². The van der Waals surface area contributed by atoms with Crippen molar-refractivity contribution in [2.45, 2.75) is 44.7 Å². The zero-order valence-corrected chi connectivity index (χ0v) is 20.3. The highest BCUT2D eigenvalue weighted by molar-refractivity contribution is 6.04. The molecule has 1 aliphatic rings.